The van der Waals surface area contributed by atoms with Crippen LogP contribution in [-0.4, -0.2) is 11.8 Å². The van der Waals surface area contributed by atoms with Crippen LogP contribution in [-0.2, 0) is 0 Å². The Labute approximate surface area is 130 Å². The summed E-state index contributed by atoms with van der Waals surface area (Å²) in [6.07, 6.45) is 8.59. The molecule has 1 aliphatic heterocycles. The zero-order valence-corrected chi connectivity index (χ0v) is 13.2. The molecule has 4 rings (SSSR count). The van der Waals surface area contributed by atoms with Crippen molar-refractivity contribution < 1.29 is 4.39 Å². The van der Waals surface area contributed by atoms with Gasteiger partial charge in [0.2, 0.25) is 0 Å². The molecular weight excluding hydrogens is 281 g/mol. The van der Waals surface area contributed by atoms with E-state index in [1.54, 1.807) is 12.1 Å². The summed E-state index contributed by atoms with van der Waals surface area (Å²) in [6.45, 7) is 2.32. The normalized spacial score (nSPS) is 35.0. The third kappa shape index (κ3) is 2.55. The number of halogens is 1. The van der Waals surface area contributed by atoms with E-state index < -0.39 is 0 Å². The molecule has 0 aromatic heterocycles. The van der Waals surface area contributed by atoms with E-state index in [4.69, 9.17) is 0 Å². The van der Waals surface area contributed by atoms with Crippen molar-refractivity contribution in [1.82, 2.24) is 5.32 Å². The van der Waals surface area contributed by atoms with Crippen LogP contribution in [0.2, 0.25) is 0 Å². The van der Waals surface area contributed by atoms with Crippen LogP contribution in [0.1, 0.15) is 37.8 Å². The molecule has 0 amide bonds. The fourth-order valence-electron chi connectivity index (χ4n) is 4.38. The van der Waals surface area contributed by atoms with Crippen molar-refractivity contribution in [2.75, 3.05) is 5.75 Å². The maximum absolute atomic E-state index is 13.6. The standard InChI is InChI=1S/C18H22FNS/c1-11(15-9-12-2-3-13(15)8-12)20-17-6-7-21-18-5-4-14(19)10-16(17)18/h2-5,10-13,15,17,20H,6-9H2,1H3. The first-order valence-electron chi connectivity index (χ1n) is 8.07. The van der Waals surface area contributed by atoms with Gasteiger partial charge in [0.05, 0.1) is 0 Å². The van der Waals surface area contributed by atoms with Crippen molar-refractivity contribution in [1.29, 1.82) is 0 Å². The van der Waals surface area contributed by atoms with Gasteiger partial charge < -0.3 is 5.32 Å². The van der Waals surface area contributed by atoms with Gasteiger partial charge in [0, 0.05) is 17.0 Å². The van der Waals surface area contributed by atoms with Gasteiger partial charge in [-0.25, -0.2) is 4.39 Å². The number of benzene rings is 1. The smallest absolute Gasteiger partial charge is 0.123 e. The summed E-state index contributed by atoms with van der Waals surface area (Å²) < 4.78 is 13.6. The van der Waals surface area contributed by atoms with E-state index >= 15 is 0 Å². The minimum absolute atomic E-state index is 0.112. The average Bonchev–Trinajstić information content (AvgIpc) is 3.10. The lowest BCUT2D eigenvalue weighted by Crippen LogP contribution is -2.39. The number of fused-ring (bicyclic) bond motifs is 3. The van der Waals surface area contributed by atoms with Crippen LogP contribution in [0.25, 0.3) is 0 Å². The topological polar surface area (TPSA) is 12.0 Å². The van der Waals surface area contributed by atoms with E-state index in [-0.39, 0.29) is 5.82 Å². The second-order valence-corrected chi connectivity index (χ2v) is 7.91. The number of thioether (sulfide) groups is 1. The average molecular weight is 303 g/mol. The van der Waals surface area contributed by atoms with Crippen LogP contribution in [0.4, 0.5) is 4.39 Å². The predicted molar refractivity (Wildman–Crippen MR) is 85.9 cm³/mol. The predicted octanol–water partition coefficient (Wildman–Crippen LogP) is 4.55. The zero-order chi connectivity index (χ0) is 14.4. The molecule has 1 fully saturated rings. The lowest BCUT2D eigenvalue weighted by molar-refractivity contribution is 0.296. The fourth-order valence-corrected chi connectivity index (χ4v) is 5.48. The van der Waals surface area contributed by atoms with Crippen molar-refractivity contribution in [2.24, 2.45) is 17.8 Å². The highest BCUT2D eigenvalue weighted by molar-refractivity contribution is 7.99. The van der Waals surface area contributed by atoms with E-state index in [0.717, 1.165) is 35.5 Å². The first kappa shape index (κ1) is 13.8. The SMILES string of the molecule is CC(NC1CCSc2ccc(F)cc21)C1CC2C=CC1C2. The van der Waals surface area contributed by atoms with Gasteiger partial charge >= 0.3 is 0 Å². The van der Waals surface area contributed by atoms with Gasteiger partial charge in [-0.3, -0.25) is 0 Å². The Balaban J connectivity index is 1.50. The molecule has 1 N–H and O–H groups in total. The van der Waals surface area contributed by atoms with E-state index in [2.05, 4.69) is 24.4 Å². The van der Waals surface area contributed by atoms with Crippen LogP contribution in [0, 0.1) is 23.6 Å². The largest absolute Gasteiger partial charge is 0.307 e. The van der Waals surface area contributed by atoms with E-state index in [1.807, 2.05) is 17.8 Å². The molecule has 0 spiro atoms. The molecule has 1 aromatic carbocycles. The molecule has 0 radical (unpaired) electrons. The molecule has 5 unspecified atom stereocenters. The Hall–Kier alpha value is -0.800. The highest BCUT2D eigenvalue weighted by atomic mass is 32.2. The maximum atomic E-state index is 13.6. The quantitative estimate of drug-likeness (QED) is 0.822. The van der Waals surface area contributed by atoms with Crippen LogP contribution in [0.15, 0.2) is 35.2 Å². The second kappa shape index (κ2) is 5.44. The fraction of sp³-hybridized carbons (Fsp3) is 0.556. The summed E-state index contributed by atoms with van der Waals surface area (Å²) >= 11 is 1.85. The van der Waals surface area contributed by atoms with Crippen molar-refractivity contribution in [3.8, 4) is 0 Å². The Morgan fingerprint density at radius 1 is 1.29 bits per heavy atom. The molecule has 2 bridgehead atoms. The minimum Gasteiger partial charge on any atom is -0.307 e. The van der Waals surface area contributed by atoms with Gasteiger partial charge in [-0.2, -0.15) is 0 Å². The van der Waals surface area contributed by atoms with Crippen molar-refractivity contribution in [2.45, 2.75) is 43.2 Å². The molecule has 0 saturated heterocycles. The van der Waals surface area contributed by atoms with E-state index in [1.165, 1.54) is 17.7 Å². The molecular formula is C18H22FNS. The molecule has 1 aromatic rings. The van der Waals surface area contributed by atoms with Crippen LogP contribution in [0.3, 0.4) is 0 Å². The molecule has 1 nitrogen and oxygen atoms in total. The Morgan fingerprint density at radius 3 is 2.95 bits per heavy atom. The first-order valence-corrected chi connectivity index (χ1v) is 9.06. The maximum Gasteiger partial charge on any atom is 0.123 e. The number of hydrogen-bond acceptors (Lipinski definition) is 2. The summed E-state index contributed by atoms with van der Waals surface area (Å²) in [6, 6.07) is 6.07. The minimum atomic E-state index is -0.112. The number of nitrogens with one attached hydrogen (secondary N) is 1. The summed E-state index contributed by atoms with van der Waals surface area (Å²) in [7, 11) is 0. The molecule has 3 heteroatoms. The van der Waals surface area contributed by atoms with Crippen LogP contribution < -0.4 is 5.32 Å². The summed E-state index contributed by atoms with van der Waals surface area (Å²) in [5.74, 6) is 3.35. The highest BCUT2D eigenvalue weighted by Crippen LogP contribution is 2.45. The molecule has 112 valence electrons. The lowest BCUT2D eigenvalue weighted by Gasteiger charge is -2.33. The van der Waals surface area contributed by atoms with Crippen molar-refractivity contribution in [3.63, 3.8) is 0 Å². The summed E-state index contributed by atoms with van der Waals surface area (Å²) in [5.41, 5.74) is 1.16. The van der Waals surface area contributed by atoms with Gasteiger partial charge in [0.1, 0.15) is 5.82 Å². The third-order valence-electron chi connectivity index (χ3n) is 5.45. The molecule has 21 heavy (non-hydrogen) atoms. The molecule has 1 saturated carbocycles. The molecule has 2 aliphatic carbocycles. The number of rotatable bonds is 3. The Kier molecular flexibility index (Phi) is 3.58. The highest BCUT2D eigenvalue weighted by Gasteiger charge is 2.39. The van der Waals surface area contributed by atoms with Crippen molar-refractivity contribution in [3.05, 3.63) is 41.7 Å². The van der Waals surface area contributed by atoms with Gasteiger partial charge in [0.25, 0.3) is 0 Å². The van der Waals surface area contributed by atoms with Crippen LogP contribution >= 0.6 is 11.8 Å². The molecule has 3 aliphatic rings. The summed E-state index contributed by atoms with van der Waals surface area (Å²) in [4.78, 5) is 1.25. The first-order chi connectivity index (χ1) is 10.2. The zero-order valence-electron chi connectivity index (χ0n) is 12.4. The monoisotopic (exact) mass is 303 g/mol. The van der Waals surface area contributed by atoms with Gasteiger partial charge in [-0.05, 0) is 73.5 Å². The van der Waals surface area contributed by atoms with Crippen molar-refractivity contribution >= 4 is 11.8 Å². The van der Waals surface area contributed by atoms with E-state index in [0.29, 0.717) is 12.1 Å². The Bertz CT molecular complexity index is 570. The number of hydrogen-bond donors (Lipinski definition) is 1. The molecule has 5 atom stereocenters. The van der Waals surface area contributed by atoms with Gasteiger partial charge in [-0.1, -0.05) is 12.2 Å². The molecule has 1 heterocycles. The van der Waals surface area contributed by atoms with Crippen LogP contribution in [0.5, 0.6) is 0 Å². The Morgan fingerprint density at radius 2 is 2.19 bits per heavy atom. The lowest BCUT2D eigenvalue weighted by atomic mass is 9.86. The number of allylic oxidation sites excluding steroid dienone is 2. The van der Waals surface area contributed by atoms with Gasteiger partial charge in [-0.15, -0.1) is 11.8 Å². The second-order valence-electron chi connectivity index (χ2n) is 6.77. The summed E-state index contributed by atoms with van der Waals surface area (Å²) in [5, 5.41) is 3.82. The van der Waals surface area contributed by atoms with E-state index in [9.17, 15) is 4.39 Å². The third-order valence-corrected chi connectivity index (χ3v) is 6.57. The van der Waals surface area contributed by atoms with Gasteiger partial charge in [0.15, 0.2) is 0 Å².